The molecule has 5 nitrogen and oxygen atoms in total. The first-order chi connectivity index (χ1) is 16.9. The van der Waals surface area contributed by atoms with Crippen LogP contribution < -0.4 is 9.47 Å². The molecule has 0 aliphatic carbocycles. The van der Waals surface area contributed by atoms with Crippen molar-refractivity contribution < 1.29 is 19.7 Å². The van der Waals surface area contributed by atoms with Gasteiger partial charge in [0, 0.05) is 30.8 Å². The van der Waals surface area contributed by atoms with Gasteiger partial charge in [-0.2, -0.15) is 0 Å². The van der Waals surface area contributed by atoms with Crippen LogP contribution in [0, 0.1) is 12.8 Å². The molecular formula is C30H33NO4. The van der Waals surface area contributed by atoms with Crippen LogP contribution in [0.15, 0.2) is 60.7 Å². The fourth-order valence-electron chi connectivity index (χ4n) is 5.01. The quantitative estimate of drug-likeness (QED) is 0.430. The summed E-state index contributed by atoms with van der Waals surface area (Å²) in [7, 11) is 0. The molecule has 182 valence electrons. The molecule has 2 aliphatic heterocycles. The van der Waals surface area contributed by atoms with Gasteiger partial charge in [-0.3, -0.25) is 4.90 Å². The first-order valence-corrected chi connectivity index (χ1v) is 12.4. The van der Waals surface area contributed by atoms with E-state index in [1.807, 2.05) is 56.3 Å². The van der Waals surface area contributed by atoms with Gasteiger partial charge in [-0.05, 0) is 78.4 Å². The number of fused-ring (bicyclic) bond motifs is 1. The summed E-state index contributed by atoms with van der Waals surface area (Å²) < 4.78 is 12.5. The van der Waals surface area contributed by atoms with Crippen molar-refractivity contribution >= 4 is 11.1 Å². The lowest BCUT2D eigenvalue weighted by Crippen LogP contribution is -2.47. The highest BCUT2D eigenvalue weighted by Crippen LogP contribution is 2.48. The molecule has 3 aromatic carbocycles. The van der Waals surface area contributed by atoms with E-state index in [-0.39, 0.29) is 17.6 Å². The number of nitrogens with zero attached hydrogens (tertiary/aromatic N) is 1. The summed E-state index contributed by atoms with van der Waals surface area (Å²) in [4.78, 5) is 2.44. The smallest absolute Gasteiger partial charge is 0.150 e. The Kier molecular flexibility index (Phi) is 6.44. The SMILES string of the molecule is CCC1CN(CCOc2ccc([C@@H]3Oc4cc(C)c(O)cc4C(C)=C3c3cccc(O)c3)cc2)C1. The van der Waals surface area contributed by atoms with E-state index in [0.29, 0.717) is 6.61 Å². The summed E-state index contributed by atoms with van der Waals surface area (Å²) in [5.41, 5.74) is 5.50. The van der Waals surface area contributed by atoms with Crippen LogP contribution in [0.25, 0.3) is 11.1 Å². The van der Waals surface area contributed by atoms with Crippen molar-refractivity contribution in [3.05, 3.63) is 82.9 Å². The van der Waals surface area contributed by atoms with E-state index in [0.717, 1.165) is 57.4 Å². The molecule has 35 heavy (non-hydrogen) atoms. The van der Waals surface area contributed by atoms with Crippen molar-refractivity contribution in [3.63, 3.8) is 0 Å². The number of rotatable bonds is 7. The molecule has 0 spiro atoms. The molecule has 0 radical (unpaired) electrons. The van der Waals surface area contributed by atoms with Gasteiger partial charge in [-0.1, -0.05) is 37.6 Å². The number of benzene rings is 3. The lowest BCUT2D eigenvalue weighted by molar-refractivity contribution is 0.0806. The third-order valence-corrected chi connectivity index (χ3v) is 7.24. The number of aromatic hydroxyl groups is 2. The van der Waals surface area contributed by atoms with Crippen LogP contribution in [0.2, 0.25) is 0 Å². The van der Waals surface area contributed by atoms with Gasteiger partial charge in [0.05, 0.1) is 0 Å². The van der Waals surface area contributed by atoms with Gasteiger partial charge in [0.15, 0.2) is 0 Å². The monoisotopic (exact) mass is 471 g/mol. The third kappa shape index (κ3) is 4.73. The summed E-state index contributed by atoms with van der Waals surface area (Å²) in [6.07, 6.45) is 0.903. The number of hydrogen-bond donors (Lipinski definition) is 2. The molecule has 0 aromatic heterocycles. The van der Waals surface area contributed by atoms with Gasteiger partial charge in [0.25, 0.3) is 0 Å². The number of phenolic OH excluding ortho intramolecular Hbond substituents is 2. The largest absolute Gasteiger partial charge is 0.508 e. The van der Waals surface area contributed by atoms with Gasteiger partial charge in [0.2, 0.25) is 0 Å². The van der Waals surface area contributed by atoms with Crippen molar-refractivity contribution in [2.24, 2.45) is 5.92 Å². The molecule has 2 N–H and O–H groups in total. The number of hydrogen-bond acceptors (Lipinski definition) is 5. The topological polar surface area (TPSA) is 62.2 Å². The highest BCUT2D eigenvalue weighted by Gasteiger charge is 2.30. The van der Waals surface area contributed by atoms with Gasteiger partial charge < -0.3 is 19.7 Å². The standard InChI is InChI=1S/C30H33NO4/c1-4-21-17-31(18-21)12-13-34-25-10-8-22(9-11-25)30-29(23-6-5-7-24(32)15-23)20(3)26-16-27(33)19(2)14-28(26)35-30/h5-11,14-16,21,30,32-33H,4,12-13,17-18H2,1-3H3/t30-/m0/s1. The van der Waals surface area contributed by atoms with Crippen molar-refractivity contribution in [3.8, 4) is 23.0 Å². The number of allylic oxidation sites excluding steroid dienone is 1. The van der Waals surface area contributed by atoms with E-state index in [1.54, 1.807) is 18.2 Å². The third-order valence-electron chi connectivity index (χ3n) is 7.24. The second kappa shape index (κ2) is 9.67. The highest BCUT2D eigenvalue weighted by atomic mass is 16.5. The zero-order valence-corrected chi connectivity index (χ0v) is 20.6. The van der Waals surface area contributed by atoms with E-state index in [1.165, 1.54) is 19.5 Å². The summed E-state index contributed by atoms with van der Waals surface area (Å²) in [6, 6.07) is 19.0. The molecule has 0 amide bonds. The molecule has 5 heteroatoms. The molecule has 1 saturated heterocycles. The molecule has 5 rings (SSSR count). The first kappa shape index (κ1) is 23.3. The molecule has 2 aliphatic rings. The van der Waals surface area contributed by atoms with Crippen LogP contribution in [-0.4, -0.2) is 41.4 Å². The zero-order chi connectivity index (χ0) is 24.5. The van der Waals surface area contributed by atoms with Crippen molar-refractivity contribution in [2.45, 2.75) is 33.3 Å². The number of likely N-dealkylation sites (tertiary alicyclic amines) is 1. The van der Waals surface area contributed by atoms with Crippen LogP contribution >= 0.6 is 0 Å². The number of aryl methyl sites for hydroxylation is 1. The van der Waals surface area contributed by atoms with Crippen molar-refractivity contribution in [1.29, 1.82) is 0 Å². The Labute approximate surface area is 207 Å². The fraction of sp³-hybridized carbons (Fsp3) is 0.333. The van der Waals surface area contributed by atoms with Gasteiger partial charge in [-0.15, -0.1) is 0 Å². The minimum absolute atomic E-state index is 0.204. The molecular weight excluding hydrogens is 438 g/mol. The lowest BCUT2D eigenvalue weighted by Gasteiger charge is -2.38. The van der Waals surface area contributed by atoms with Crippen LogP contribution in [0.1, 0.15) is 48.6 Å². The Bertz CT molecular complexity index is 1240. The minimum Gasteiger partial charge on any atom is -0.508 e. The maximum Gasteiger partial charge on any atom is 0.150 e. The van der Waals surface area contributed by atoms with E-state index >= 15 is 0 Å². The Balaban J connectivity index is 1.40. The Morgan fingerprint density at radius 1 is 1.00 bits per heavy atom. The zero-order valence-electron chi connectivity index (χ0n) is 20.6. The Morgan fingerprint density at radius 2 is 1.77 bits per heavy atom. The summed E-state index contributed by atoms with van der Waals surface area (Å²) in [5, 5.41) is 20.5. The summed E-state index contributed by atoms with van der Waals surface area (Å²) in [5.74, 6) is 2.88. The van der Waals surface area contributed by atoms with E-state index in [9.17, 15) is 10.2 Å². The average molecular weight is 472 g/mol. The Morgan fingerprint density at radius 3 is 2.49 bits per heavy atom. The molecule has 0 saturated carbocycles. The molecule has 2 heterocycles. The summed E-state index contributed by atoms with van der Waals surface area (Å²) >= 11 is 0. The highest BCUT2D eigenvalue weighted by molar-refractivity contribution is 5.96. The Hall–Kier alpha value is -3.44. The molecule has 1 fully saturated rings. The van der Waals surface area contributed by atoms with Gasteiger partial charge in [0.1, 0.15) is 35.7 Å². The summed E-state index contributed by atoms with van der Waals surface area (Å²) in [6.45, 7) is 10.2. The van der Waals surface area contributed by atoms with Crippen molar-refractivity contribution in [2.75, 3.05) is 26.2 Å². The maximum atomic E-state index is 10.3. The average Bonchev–Trinajstić information content (AvgIpc) is 2.82. The molecule has 0 unspecified atom stereocenters. The normalized spacial score (nSPS) is 18.1. The number of ether oxygens (including phenoxy) is 2. The second-order valence-corrected chi connectivity index (χ2v) is 9.67. The van der Waals surface area contributed by atoms with Crippen LogP contribution in [0.4, 0.5) is 0 Å². The minimum atomic E-state index is -0.352. The predicted octanol–water partition coefficient (Wildman–Crippen LogP) is 6.19. The molecule has 1 atom stereocenters. The van der Waals surface area contributed by atoms with Crippen molar-refractivity contribution in [1.82, 2.24) is 4.90 Å². The number of phenols is 2. The molecule has 0 bridgehead atoms. The van der Waals surface area contributed by atoms with E-state index in [4.69, 9.17) is 9.47 Å². The van der Waals surface area contributed by atoms with Crippen LogP contribution in [0.3, 0.4) is 0 Å². The van der Waals surface area contributed by atoms with E-state index < -0.39 is 0 Å². The van der Waals surface area contributed by atoms with Gasteiger partial charge in [-0.25, -0.2) is 0 Å². The van der Waals surface area contributed by atoms with Crippen LogP contribution in [0.5, 0.6) is 23.0 Å². The lowest BCUT2D eigenvalue weighted by atomic mass is 9.85. The van der Waals surface area contributed by atoms with E-state index in [2.05, 4.69) is 11.8 Å². The van der Waals surface area contributed by atoms with Gasteiger partial charge >= 0.3 is 0 Å². The van der Waals surface area contributed by atoms with Crippen LogP contribution in [-0.2, 0) is 0 Å². The maximum absolute atomic E-state index is 10.3. The second-order valence-electron chi connectivity index (χ2n) is 9.67. The fourth-order valence-corrected chi connectivity index (χ4v) is 5.01. The molecule has 3 aromatic rings. The first-order valence-electron chi connectivity index (χ1n) is 12.4. The predicted molar refractivity (Wildman–Crippen MR) is 139 cm³/mol.